The molecule has 1 unspecified atom stereocenters. The number of carbonyl (C=O) groups excluding carboxylic acids is 1. The molecule has 2 aromatic rings. The summed E-state index contributed by atoms with van der Waals surface area (Å²) in [6.07, 6.45) is 3.29. The van der Waals surface area contributed by atoms with E-state index in [1.165, 1.54) is 0 Å². The standard InChI is InChI=1S/C13H17N5OS/c1-9-15-10(8-20-9)6-13(19)16-12-3-5-18(17-12)11-2-4-14-7-11/h3,5,8,11,14H,2,4,6-7H2,1H3,(H,16,17,19). The largest absolute Gasteiger partial charge is 0.315 e. The van der Waals surface area contributed by atoms with Crippen LogP contribution in [0.25, 0.3) is 0 Å². The number of nitrogens with one attached hydrogen (secondary N) is 2. The number of aromatic nitrogens is 3. The lowest BCUT2D eigenvalue weighted by Gasteiger charge is -2.08. The molecule has 0 saturated carbocycles. The van der Waals surface area contributed by atoms with E-state index in [-0.39, 0.29) is 5.91 Å². The van der Waals surface area contributed by atoms with E-state index in [2.05, 4.69) is 20.7 Å². The minimum atomic E-state index is -0.0786. The van der Waals surface area contributed by atoms with Gasteiger partial charge in [0, 0.05) is 24.2 Å². The predicted molar refractivity (Wildman–Crippen MR) is 77.9 cm³/mol. The Morgan fingerprint density at radius 3 is 3.25 bits per heavy atom. The maximum atomic E-state index is 11.9. The first-order valence-corrected chi connectivity index (χ1v) is 7.55. The third kappa shape index (κ3) is 3.05. The maximum absolute atomic E-state index is 11.9. The molecule has 1 atom stereocenters. The van der Waals surface area contributed by atoms with Gasteiger partial charge in [0.15, 0.2) is 5.82 Å². The van der Waals surface area contributed by atoms with Crippen molar-refractivity contribution in [1.82, 2.24) is 20.1 Å². The van der Waals surface area contributed by atoms with Crippen LogP contribution < -0.4 is 10.6 Å². The molecule has 0 spiro atoms. The van der Waals surface area contributed by atoms with Crippen LogP contribution in [0.1, 0.15) is 23.2 Å². The number of nitrogens with zero attached hydrogens (tertiary/aromatic N) is 3. The van der Waals surface area contributed by atoms with Gasteiger partial charge in [0.1, 0.15) is 0 Å². The van der Waals surface area contributed by atoms with Crippen LogP contribution in [-0.4, -0.2) is 33.8 Å². The summed E-state index contributed by atoms with van der Waals surface area (Å²) in [7, 11) is 0. The lowest BCUT2D eigenvalue weighted by atomic mass is 10.3. The third-order valence-corrected chi connectivity index (χ3v) is 4.11. The third-order valence-electron chi connectivity index (χ3n) is 3.29. The summed E-state index contributed by atoms with van der Waals surface area (Å²) in [5.41, 5.74) is 0.810. The fourth-order valence-electron chi connectivity index (χ4n) is 2.31. The molecule has 6 nitrogen and oxygen atoms in total. The van der Waals surface area contributed by atoms with E-state index in [4.69, 9.17) is 0 Å². The smallest absolute Gasteiger partial charge is 0.231 e. The monoisotopic (exact) mass is 291 g/mol. The Morgan fingerprint density at radius 1 is 1.65 bits per heavy atom. The Kier molecular flexibility index (Phi) is 3.79. The highest BCUT2D eigenvalue weighted by molar-refractivity contribution is 7.09. The second-order valence-corrected chi connectivity index (χ2v) is 5.97. The zero-order valence-electron chi connectivity index (χ0n) is 11.3. The molecule has 20 heavy (non-hydrogen) atoms. The van der Waals surface area contributed by atoms with Crippen LogP contribution in [0.2, 0.25) is 0 Å². The minimum absolute atomic E-state index is 0.0786. The van der Waals surface area contributed by atoms with E-state index < -0.39 is 0 Å². The van der Waals surface area contributed by atoms with Crippen LogP contribution in [0.5, 0.6) is 0 Å². The normalized spacial score (nSPS) is 18.4. The minimum Gasteiger partial charge on any atom is -0.315 e. The molecule has 1 aliphatic heterocycles. The summed E-state index contributed by atoms with van der Waals surface area (Å²) in [6, 6.07) is 2.23. The van der Waals surface area contributed by atoms with Crippen molar-refractivity contribution in [3.05, 3.63) is 28.3 Å². The predicted octanol–water partition coefficient (Wildman–Crippen LogP) is 1.36. The molecular formula is C13H17N5OS. The number of anilines is 1. The van der Waals surface area contributed by atoms with Gasteiger partial charge in [-0.2, -0.15) is 5.10 Å². The van der Waals surface area contributed by atoms with Gasteiger partial charge in [-0.1, -0.05) is 0 Å². The molecule has 106 valence electrons. The first-order chi connectivity index (χ1) is 9.70. The summed E-state index contributed by atoms with van der Waals surface area (Å²) < 4.78 is 1.92. The molecule has 0 bridgehead atoms. The first kappa shape index (κ1) is 13.3. The van der Waals surface area contributed by atoms with E-state index >= 15 is 0 Å². The summed E-state index contributed by atoms with van der Waals surface area (Å²) in [5, 5.41) is 13.4. The van der Waals surface area contributed by atoms with Crippen LogP contribution in [0.15, 0.2) is 17.6 Å². The number of thiazole rings is 1. The molecule has 0 aromatic carbocycles. The maximum Gasteiger partial charge on any atom is 0.231 e. The average molecular weight is 291 g/mol. The van der Waals surface area contributed by atoms with Crippen LogP contribution in [-0.2, 0) is 11.2 Å². The van der Waals surface area contributed by atoms with Gasteiger partial charge < -0.3 is 10.6 Å². The van der Waals surface area contributed by atoms with E-state index in [1.54, 1.807) is 11.3 Å². The molecule has 3 rings (SSSR count). The first-order valence-electron chi connectivity index (χ1n) is 6.67. The molecule has 3 heterocycles. The molecule has 7 heteroatoms. The fraction of sp³-hybridized carbons (Fsp3) is 0.462. The van der Waals surface area contributed by atoms with Gasteiger partial charge in [-0.15, -0.1) is 11.3 Å². The summed E-state index contributed by atoms with van der Waals surface area (Å²) in [5.74, 6) is 0.527. The zero-order chi connectivity index (χ0) is 13.9. The lowest BCUT2D eigenvalue weighted by Crippen LogP contribution is -2.17. The van der Waals surface area contributed by atoms with Crippen molar-refractivity contribution in [2.75, 3.05) is 18.4 Å². The Balaban J connectivity index is 1.58. The van der Waals surface area contributed by atoms with E-state index in [1.807, 2.05) is 29.2 Å². The van der Waals surface area contributed by atoms with Gasteiger partial charge in [0.05, 0.1) is 23.2 Å². The lowest BCUT2D eigenvalue weighted by molar-refractivity contribution is -0.115. The molecular weight excluding hydrogens is 274 g/mol. The average Bonchev–Trinajstić information content (AvgIpc) is 3.10. The quantitative estimate of drug-likeness (QED) is 0.892. The number of hydrogen-bond acceptors (Lipinski definition) is 5. The van der Waals surface area contributed by atoms with Gasteiger partial charge >= 0.3 is 0 Å². The van der Waals surface area contributed by atoms with Crippen molar-refractivity contribution in [2.24, 2.45) is 0 Å². The highest BCUT2D eigenvalue weighted by Crippen LogP contribution is 2.16. The highest BCUT2D eigenvalue weighted by Gasteiger charge is 2.17. The Bertz CT molecular complexity index is 599. The Hall–Kier alpha value is -1.73. The van der Waals surface area contributed by atoms with Gasteiger partial charge in [-0.3, -0.25) is 9.48 Å². The van der Waals surface area contributed by atoms with Crippen LogP contribution in [0.3, 0.4) is 0 Å². The zero-order valence-corrected chi connectivity index (χ0v) is 12.1. The van der Waals surface area contributed by atoms with Gasteiger partial charge in [-0.05, 0) is 19.9 Å². The fourth-order valence-corrected chi connectivity index (χ4v) is 2.93. The van der Waals surface area contributed by atoms with E-state index in [9.17, 15) is 4.79 Å². The van der Waals surface area contributed by atoms with Gasteiger partial charge in [0.2, 0.25) is 5.91 Å². The van der Waals surface area contributed by atoms with E-state index in [0.29, 0.717) is 18.3 Å². The molecule has 1 saturated heterocycles. The number of rotatable bonds is 4. The Morgan fingerprint density at radius 2 is 2.55 bits per heavy atom. The molecule has 0 aliphatic carbocycles. The summed E-state index contributed by atoms with van der Waals surface area (Å²) in [4.78, 5) is 16.2. The molecule has 2 aromatic heterocycles. The second kappa shape index (κ2) is 5.72. The molecule has 0 radical (unpaired) electrons. The number of aryl methyl sites for hydroxylation is 1. The SMILES string of the molecule is Cc1nc(CC(=O)Nc2ccn(C3CCNC3)n2)cs1. The second-order valence-electron chi connectivity index (χ2n) is 4.91. The van der Waals surface area contributed by atoms with Crippen molar-refractivity contribution < 1.29 is 4.79 Å². The van der Waals surface area contributed by atoms with Crippen LogP contribution in [0.4, 0.5) is 5.82 Å². The van der Waals surface area contributed by atoms with Crippen molar-refractivity contribution >= 4 is 23.1 Å². The van der Waals surface area contributed by atoms with Crippen molar-refractivity contribution in [1.29, 1.82) is 0 Å². The van der Waals surface area contributed by atoms with Crippen molar-refractivity contribution in [3.63, 3.8) is 0 Å². The summed E-state index contributed by atoms with van der Waals surface area (Å²) >= 11 is 1.56. The van der Waals surface area contributed by atoms with Crippen molar-refractivity contribution in [3.8, 4) is 0 Å². The topological polar surface area (TPSA) is 71.8 Å². The molecule has 1 aliphatic rings. The molecule has 2 N–H and O–H groups in total. The number of hydrogen-bond donors (Lipinski definition) is 2. The highest BCUT2D eigenvalue weighted by atomic mass is 32.1. The van der Waals surface area contributed by atoms with Crippen LogP contribution in [0, 0.1) is 6.92 Å². The Labute approximate surface area is 121 Å². The van der Waals surface area contributed by atoms with Crippen molar-refractivity contribution in [2.45, 2.75) is 25.8 Å². The van der Waals surface area contributed by atoms with E-state index in [0.717, 1.165) is 30.2 Å². The number of carbonyl (C=O) groups is 1. The van der Waals surface area contributed by atoms with Crippen LogP contribution >= 0.6 is 11.3 Å². The molecule has 1 fully saturated rings. The van der Waals surface area contributed by atoms with Gasteiger partial charge in [0.25, 0.3) is 0 Å². The van der Waals surface area contributed by atoms with Gasteiger partial charge in [-0.25, -0.2) is 4.98 Å². The number of amides is 1. The summed E-state index contributed by atoms with van der Waals surface area (Å²) in [6.45, 7) is 3.89. The molecule has 1 amide bonds.